The third-order valence-electron chi connectivity index (χ3n) is 3.49. The Morgan fingerprint density at radius 1 is 1.20 bits per heavy atom. The van der Waals surface area contributed by atoms with Crippen LogP contribution >= 0.6 is 0 Å². The third kappa shape index (κ3) is 4.76. The highest BCUT2D eigenvalue weighted by Gasteiger charge is 2.16. The molecule has 0 heterocycles. The fourth-order valence-electron chi connectivity index (χ4n) is 2.28. The number of amides is 1. The van der Waals surface area contributed by atoms with Crippen molar-refractivity contribution in [1.82, 2.24) is 0 Å². The lowest BCUT2D eigenvalue weighted by Crippen LogP contribution is -2.25. The Morgan fingerprint density at radius 2 is 1.90 bits per heavy atom. The van der Waals surface area contributed by atoms with Crippen LogP contribution in [0.15, 0.2) is 18.2 Å². The predicted molar refractivity (Wildman–Crippen MR) is 80.1 cm³/mol. The first-order valence-electron chi connectivity index (χ1n) is 7.12. The highest BCUT2D eigenvalue weighted by atomic mass is 16.5. The molecule has 112 valence electrons. The molecule has 0 saturated heterocycles. The Hall–Kier alpha value is -1.71. The Kier molecular flexibility index (Phi) is 6.91. The largest absolute Gasteiger partial charge is 0.493 e. The normalized spacial score (nSPS) is 11.9. The summed E-state index contributed by atoms with van der Waals surface area (Å²) in [5, 5.41) is 0. The molecule has 1 unspecified atom stereocenters. The first kappa shape index (κ1) is 16.3. The summed E-state index contributed by atoms with van der Waals surface area (Å²) in [6, 6.07) is 5.73. The van der Waals surface area contributed by atoms with Crippen molar-refractivity contribution in [2.75, 3.05) is 14.2 Å². The van der Waals surface area contributed by atoms with Crippen LogP contribution in [0.5, 0.6) is 11.5 Å². The molecule has 1 rings (SSSR count). The minimum atomic E-state index is -0.226. The second-order valence-corrected chi connectivity index (χ2v) is 4.99. The molecule has 4 nitrogen and oxygen atoms in total. The van der Waals surface area contributed by atoms with Gasteiger partial charge in [0, 0.05) is 5.92 Å². The molecule has 20 heavy (non-hydrogen) atoms. The minimum absolute atomic E-state index is 0.111. The zero-order valence-corrected chi connectivity index (χ0v) is 12.6. The van der Waals surface area contributed by atoms with Crippen molar-refractivity contribution < 1.29 is 14.3 Å². The van der Waals surface area contributed by atoms with Gasteiger partial charge in [-0.1, -0.05) is 32.3 Å². The summed E-state index contributed by atoms with van der Waals surface area (Å²) in [6.07, 6.45) is 4.81. The Labute approximate surface area is 121 Å². The zero-order valence-electron chi connectivity index (χ0n) is 12.6. The molecule has 0 fully saturated rings. The van der Waals surface area contributed by atoms with Crippen LogP contribution in [0.25, 0.3) is 0 Å². The third-order valence-corrected chi connectivity index (χ3v) is 3.49. The van der Waals surface area contributed by atoms with Gasteiger partial charge in [0.25, 0.3) is 0 Å². The van der Waals surface area contributed by atoms with E-state index in [9.17, 15) is 4.79 Å². The minimum Gasteiger partial charge on any atom is -0.493 e. The molecule has 0 aliphatic heterocycles. The number of hydrogen-bond acceptors (Lipinski definition) is 3. The van der Waals surface area contributed by atoms with E-state index in [1.54, 1.807) is 14.2 Å². The van der Waals surface area contributed by atoms with Crippen molar-refractivity contribution in [1.29, 1.82) is 0 Å². The molecular weight excluding hydrogens is 254 g/mol. The van der Waals surface area contributed by atoms with Crippen LogP contribution in [0.3, 0.4) is 0 Å². The standard InChI is InChI=1S/C16H25NO3/c1-4-5-6-7-13(16(17)18)10-12-8-9-14(19-2)15(11-12)20-3/h8-9,11,13H,4-7,10H2,1-3H3,(H2,17,18). The van der Waals surface area contributed by atoms with Gasteiger partial charge >= 0.3 is 0 Å². The highest BCUT2D eigenvalue weighted by molar-refractivity contribution is 5.77. The van der Waals surface area contributed by atoms with E-state index in [0.29, 0.717) is 17.9 Å². The SMILES string of the molecule is CCCCCC(Cc1ccc(OC)c(OC)c1)C(N)=O. The van der Waals surface area contributed by atoms with Crippen LogP contribution in [0.4, 0.5) is 0 Å². The summed E-state index contributed by atoms with van der Waals surface area (Å²) >= 11 is 0. The van der Waals surface area contributed by atoms with E-state index in [2.05, 4.69) is 6.92 Å². The maximum Gasteiger partial charge on any atom is 0.220 e. The van der Waals surface area contributed by atoms with Gasteiger partial charge in [0.2, 0.25) is 5.91 Å². The number of ether oxygens (including phenoxy) is 2. The van der Waals surface area contributed by atoms with E-state index in [-0.39, 0.29) is 11.8 Å². The van der Waals surface area contributed by atoms with Crippen molar-refractivity contribution in [2.24, 2.45) is 11.7 Å². The number of nitrogens with two attached hydrogens (primary N) is 1. The van der Waals surface area contributed by atoms with Crippen LogP contribution in [-0.4, -0.2) is 20.1 Å². The van der Waals surface area contributed by atoms with Crippen LogP contribution in [-0.2, 0) is 11.2 Å². The van der Waals surface area contributed by atoms with E-state index in [1.165, 1.54) is 0 Å². The summed E-state index contributed by atoms with van der Waals surface area (Å²) in [5.41, 5.74) is 6.54. The molecule has 1 amide bonds. The molecule has 1 atom stereocenters. The fraction of sp³-hybridized carbons (Fsp3) is 0.562. The quantitative estimate of drug-likeness (QED) is 0.707. The first-order chi connectivity index (χ1) is 9.62. The molecule has 4 heteroatoms. The molecule has 0 aromatic heterocycles. The number of rotatable bonds is 9. The number of primary amides is 1. The summed E-state index contributed by atoms with van der Waals surface area (Å²) < 4.78 is 10.5. The molecule has 0 radical (unpaired) electrons. The van der Waals surface area contributed by atoms with Crippen molar-refractivity contribution in [3.63, 3.8) is 0 Å². The van der Waals surface area contributed by atoms with Gasteiger partial charge in [-0.05, 0) is 30.5 Å². The summed E-state index contributed by atoms with van der Waals surface area (Å²) in [5.74, 6) is 1.04. The molecule has 0 aliphatic carbocycles. The number of benzene rings is 1. The number of unbranched alkanes of at least 4 members (excludes halogenated alkanes) is 2. The maximum absolute atomic E-state index is 11.5. The molecule has 0 bridgehead atoms. The molecule has 2 N–H and O–H groups in total. The Balaban J connectivity index is 2.75. The second kappa shape index (κ2) is 8.46. The van der Waals surface area contributed by atoms with Gasteiger partial charge in [0.15, 0.2) is 11.5 Å². The van der Waals surface area contributed by atoms with Gasteiger partial charge in [0.05, 0.1) is 14.2 Å². The van der Waals surface area contributed by atoms with Gasteiger partial charge in [-0.25, -0.2) is 0 Å². The van der Waals surface area contributed by atoms with Crippen molar-refractivity contribution in [2.45, 2.75) is 39.0 Å². The smallest absolute Gasteiger partial charge is 0.220 e. The van der Waals surface area contributed by atoms with Crippen molar-refractivity contribution in [3.8, 4) is 11.5 Å². The van der Waals surface area contributed by atoms with E-state index in [0.717, 1.165) is 31.2 Å². The second-order valence-electron chi connectivity index (χ2n) is 4.99. The average Bonchev–Trinajstić information content (AvgIpc) is 2.46. The number of hydrogen-bond donors (Lipinski definition) is 1. The van der Waals surface area contributed by atoms with Gasteiger partial charge in [0.1, 0.15) is 0 Å². The summed E-state index contributed by atoms with van der Waals surface area (Å²) in [7, 11) is 3.21. The molecule has 0 saturated carbocycles. The van der Waals surface area contributed by atoms with Gasteiger partial charge in [-0.15, -0.1) is 0 Å². The highest BCUT2D eigenvalue weighted by Crippen LogP contribution is 2.29. The van der Waals surface area contributed by atoms with E-state index < -0.39 is 0 Å². The average molecular weight is 279 g/mol. The molecule has 1 aromatic rings. The van der Waals surface area contributed by atoms with Crippen molar-refractivity contribution >= 4 is 5.91 Å². The summed E-state index contributed by atoms with van der Waals surface area (Å²) in [4.78, 5) is 11.5. The lowest BCUT2D eigenvalue weighted by atomic mass is 9.93. The monoisotopic (exact) mass is 279 g/mol. The van der Waals surface area contributed by atoms with E-state index >= 15 is 0 Å². The number of carbonyl (C=O) groups excluding carboxylic acids is 1. The van der Waals surface area contributed by atoms with Gasteiger partial charge < -0.3 is 15.2 Å². The van der Waals surface area contributed by atoms with Crippen LogP contribution in [0.1, 0.15) is 38.2 Å². The topological polar surface area (TPSA) is 61.6 Å². The number of methoxy groups -OCH3 is 2. The van der Waals surface area contributed by atoms with E-state index in [4.69, 9.17) is 15.2 Å². The van der Waals surface area contributed by atoms with Crippen molar-refractivity contribution in [3.05, 3.63) is 23.8 Å². The summed E-state index contributed by atoms with van der Waals surface area (Å²) in [6.45, 7) is 2.15. The molecule has 0 spiro atoms. The zero-order chi connectivity index (χ0) is 15.0. The fourth-order valence-corrected chi connectivity index (χ4v) is 2.28. The first-order valence-corrected chi connectivity index (χ1v) is 7.12. The van der Waals surface area contributed by atoms with Crippen LogP contribution in [0, 0.1) is 5.92 Å². The predicted octanol–water partition coefficient (Wildman–Crippen LogP) is 2.93. The Bertz CT molecular complexity index is 432. The van der Waals surface area contributed by atoms with E-state index in [1.807, 2.05) is 18.2 Å². The lowest BCUT2D eigenvalue weighted by Gasteiger charge is -2.15. The molecule has 0 aliphatic rings. The molecule has 1 aromatic carbocycles. The lowest BCUT2D eigenvalue weighted by molar-refractivity contribution is -0.122. The molecular formula is C16H25NO3. The Morgan fingerprint density at radius 3 is 2.45 bits per heavy atom. The van der Waals surface area contributed by atoms with Crippen LogP contribution in [0.2, 0.25) is 0 Å². The number of carbonyl (C=O) groups is 1. The van der Waals surface area contributed by atoms with Crippen LogP contribution < -0.4 is 15.2 Å². The van der Waals surface area contributed by atoms with Gasteiger partial charge in [-0.3, -0.25) is 4.79 Å². The van der Waals surface area contributed by atoms with Gasteiger partial charge in [-0.2, -0.15) is 0 Å². The maximum atomic E-state index is 11.5.